The van der Waals surface area contributed by atoms with Gasteiger partial charge in [0, 0.05) is 18.0 Å². The lowest BCUT2D eigenvalue weighted by Crippen LogP contribution is -2.67. The van der Waals surface area contributed by atoms with Crippen LogP contribution < -0.4 is 0 Å². The van der Waals surface area contributed by atoms with Gasteiger partial charge in [-0.25, -0.2) is 4.79 Å². The molecule has 0 aromatic rings. The zero-order valence-electron chi connectivity index (χ0n) is 21.1. The molecule has 0 N–H and O–H groups in total. The number of hydrogen-bond donors (Lipinski definition) is 0. The lowest BCUT2D eigenvalue weighted by Gasteiger charge is -2.52. The maximum atomic E-state index is 12.4. The summed E-state index contributed by atoms with van der Waals surface area (Å²) < 4.78 is 32.9. The maximum Gasteiger partial charge on any atom is 0.482 e. The minimum absolute atomic E-state index is 0.368. The van der Waals surface area contributed by atoms with Gasteiger partial charge in [0.15, 0.2) is 36.8 Å². The number of rotatable bonds is 10. The van der Waals surface area contributed by atoms with Crippen molar-refractivity contribution < 1.29 is 26.6 Å². The molecular formula is C20H44O6Si4. The molecule has 0 saturated carbocycles. The van der Waals surface area contributed by atoms with Crippen LogP contribution >= 0.6 is 0 Å². The average molecular weight is 493 g/mol. The van der Waals surface area contributed by atoms with E-state index >= 15 is 0 Å². The Bertz CT molecular complexity index is 604. The van der Waals surface area contributed by atoms with Crippen molar-refractivity contribution in [1.82, 2.24) is 0 Å². The van der Waals surface area contributed by atoms with E-state index in [0.717, 1.165) is 12.5 Å². The number of carbonyl (C=O) groups excluding carboxylic acids is 1. The summed E-state index contributed by atoms with van der Waals surface area (Å²) in [4.78, 5) is 12.4. The fourth-order valence-corrected chi connectivity index (χ4v) is 15.7. The van der Waals surface area contributed by atoms with Crippen molar-refractivity contribution in [3.05, 3.63) is 12.2 Å². The molecule has 30 heavy (non-hydrogen) atoms. The summed E-state index contributed by atoms with van der Waals surface area (Å²) in [6.07, 6.45) is 1.54. The minimum atomic E-state index is -3.04. The minimum Gasteiger partial charge on any atom is -0.453 e. The molecule has 0 radical (unpaired) electrons. The first-order chi connectivity index (χ1) is 13.3. The summed E-state index contributed by atoms with van der Waals surface area (Å²) in [5.74, 6) is -1.47. The second kappa shape index (κ2) is 9.82. The van der Waals surface area contributed by atoms with Crippen LogP contribution in [0.15, 0.2) is 12.2 Å². The molecule has 1 fully saturated rings. The van der Waals surface area contributed by atoms with Gasteiger partial charge in [-0.3, -0.25) is 0 Å². The van der Waals surface area contributed by atoms with Crippen LogP contribution in [0.4, 0.5) is 0 Å². The molecule has 2 atom stereocenters. The molecule has 0 aliphatic carbocycles. The van der Waals surface area contributed by atoms with E-state index in [-0.39, 0.29) is 0 Å². The Morgan fingerprint density at radius 3 is 1.90 bits per heavy atom. The Kier molecular flexibility index (Phi) is 9.15. The number of carbonyl (C=O) groups is 1. The quantitative estimate of drug-likeness (QED) is 0.215. The van der Waals surface area contributed by atoms with E-state index in [9.17, 15) is 4.79 Å². The second-order valence-corrected chi connectivity index (χ2v) is 27.8. The predicted octanol–water partition coefficient (Wildman–Crippen LogP) is 5.88. The highest BCUT2D eigenvalue weighted by molar-refractivity contribution is 6.85. The molecule has 1 rings (SSSR count). The first-order valence-corrected chi connectivity index (χ1v) is 23.1. The number of hydrogen-bond acceptors (Lipinski definition) is 6. The van der Waals surface area contributed by atoms with Gasteiger partial charge in [-0.15, -0.1) is 0 Å². The van der Waals surface area contributed by atoms with Crippen molar-refractivity contribution in [3.63, 3.8) is 0 Å². The third-order valence-electron chi connectivity index (χ3n) is 4.20. The van der Waals surface area contributed by atoms with Crippen LogP contribution in [-0.4, -0.2) is 51.6 Å². The third kappa shape index (κ3) is 8.81. The molecule has 2 unspecified atom stereocenters. The summed E-state index contributed by atoms with van der Waals surface area (Å²) in [6.45, 7) is 26.7. The fraction of sp³-hybridized carbons (Fsp3) is 0.850. The van der Waals surface area contributed by atoms with Gasteiger partial charge < -0.3 is 21.8 Å². The van der Waals surface area contributed by atoms with E-state index in [2.05, 4.69) is 65.5 Å². The first-order valence-electron chi connectivity index (χ1n) is 11.0. The van der Waals surface area contributed by atoms with Crippen molar-refractivity contribution in [2.45, 2.75) is 110 Å². The van der Waals surface area contributed by atoms with E-state index in [4.69, 9.17) is 21.8 Å². The predicted molar refractivity (Wildman–Crippen MR) is 132 cm³/mol. The Morgan fingerprint density at radius 2 is 1.53 bits per heavy atom. The molecular weight excluding hydrogens is 449 g/mol. The molecule has 1 aliphatic heterocycles. The largest absolute Gasteiger partial charge is 0.482 e. The summed E-state index contributed by atoms with van der Waals surface area (Å²) in [5.41, 5.74) is 0.368. The Hall–Kier alpha value is -0.0825. The summed E-state index contributed by atoms with van der Waals surface area (Å²) in [5, 5.41) is 0. The Morgan fingerprint density at radius 1 is 1.03 bits per heavy atom. The zero-order valence-corrected chi connectivity index (χ0v) is 25.1. The summed E-state index contributed by atoms with van der Waals surface area (Å²) in [6, 6.07) is 0.767. The van der Waals surface area contributed by atoms with Gasteiger partial charge in [0.25, 0.3) is 0 Å². The molecule has 1 aliphatic rings. The van der Waals surface area contributed by atoms with E-state index < -0.39 is 51.6 Å². The van der Waals surface area contributed by atoms with Crippen LogP contribution in [0.25, 0.3) is 0 Å². The van der Waals surface area contributed by atoms with Crippen LogP contribution in [0.2, 0.25) is 65.0 Å². The van der Waals surface area contributed by atoms with Gasteiger partial charge in [0.05, 0.1) is 0 Å². The van der Waals surface area contributed by atoms with E-state index in [1.165, 1.54) is 0 Å². The van der Waals surface area contributed by atoms with Gasteiger partial charge in [-0.1, -0.05) is 13.5 Å². The highest BCUT2D eigenvalue weighted by Crippen LogP contribution is 2.43. The average Bonchev–Trinajstić information content (AvgIpc) is 2.46. The number of esters is 1. The van der Waals surface area contributed by atoms with Crippen LogP contribution in [0, 0.1) is 0 Å². The van der Waals surface area contributed by atoms with Crippen LogP contribution in [0.3, 0.4) is 0 Å². The standard InChI is InChI=1S/C20H44O6Si4/c1-13-18(22-19(21)17(2)3)20(23-27(4,5)6)15-14-16-30(24-20,25-28(7,8)9)26-29(10,11)12/h18H,2,13-16H2,1,3-12H3. The molecule has 0 aromatic carbocycles. The Labute approximate surface area is 188 Å². The smallest absolute Gasteiger partial charge is 0.453 e. The molecule has 0 bridgehead atoms. The van der Waals surface area contributed by atoms with Gasteiger partial charge in [0.2, 0.25) is 0 Å². The summed E-state index contributed by atoms with van der Waals surface area (Å²) >= 11 is 0. The topological polar surface area (TPSA) is 63.2 Å². The van der Waals surface area contributed by atoms with Crippen molar-refractivity contribution in [2.75, 3.05) is 0 Å². The number of ether oxygens (including phenoxy) is 1. The molecule has 6 nitrogen and oxygen atoms in total. The van der Waals surface area contributed by atoms with Crippen molar-refractivity contribution in [1.29, 1.82) is 0 Å². The maximum absolute atomic E-state index is 12.4. The van der Waals surface area contributed by atoms with Crippen LogP contribution in [0.5, 0.6) is 0 Å². The fourth-order valence-electron chi connectivity index (χ4n) is 3.61. The highest BCUT2D eigenvalue weighted by atomic mass is 28.5. The molecule has 10 heteroatoms. The normalized spacial score (nSPS) is 23.7. The van der Waals surface area contributed by atoms with Gasteiger partial charge in [-0.2, -0.15) is 0 Å². The van der Waals surface area contributed by atoms with Crippen molar-refractivity contribution in [2.24, 2.45) is 0 Å². The second-order valence-electron chi connectivity index (χ2n) is 11.2. The monoisotopic (exact) mass is 492 g/mol. The van der Waals surface area contributed by atoms with Gasteiger partial charge in [0.1, 0.15) is 0 Å². The van der Waals surface area contributed by atoms with Gasteiger partial charge in [-0.05, 0) is 78.7 Å². The molecule has 1 heterocycles. The van der Waals surface area contributed by atoms with Crippen molar-refractivity contribution in [3.8, 4) is 0 Å². The van der Waals surface area contributed by atoms with Gasteiger partial charge >= 0.3 is 14.8 Å². The molecule has 176 valence electrons. The molecule has 0 aromatic heterocycles. The third-order valence-corrected chi connectivity index (χ3v) is 14.2. The highest BCUT2D eigenvalue weighted by Gasteiger charge is 2.60. The first kappa shape index (κ1) is 28.0. The van der Waals surface area contributed by atoms with Crippen LogP contribution in [0.1, 0.15) is 33.1 Å². The van der Waals surface area contributed by atoms with Crippen LogP contribution in [-0.2, 0) is 26.6 Å². The van der Waals surface area contributed by atoms with E-state index in [0.29, 0.717) is 18.4 Å². The van der Waals surface area contributed by atoms with Crippen molar-refractivity contribution >= 4 is 39.7 Å². The lowest BCUT2D eigenvalue weighted by molar-refractivity contribution is -0.234. The lowest BCUT2D eigenvalue weighted by atomic mass is 10.0. The van der Waals surface area contributed by atoms with E-state index in [1.807, 2.05) is 6.92 Å². The summed E-state index contributed by atoms with van der Waals surface area (Å²) in [7, 11) is -9.03. The zero-order chi connectivity index (χ0) is 23.6. The molecule has 1 saturated heterocycles. The SMILES string of the molecule is C=C(C)C(=O)OC(CC)C1(O[Si](C)(C)C)CCC[Si](O[Si](C)(C)C)(O[Si](C)(C)C)O1. The van der Waals surface area contributed by atoms with E-state index in [1.54, 1.807) is 6.92 Å². The molecule has 0 spiro atoms. The Balaban J connectivity index is 3.48. The molecule has 0 amide bonds.